The highest BCUT2D eigenvalue weighted by atomic mass is 35.5. The van der Waals surface area contributed by atoms with E-state index in [1.807, 2.05) is 0 Å². The Balaban J connectivity index is 1.78. The zero-order valence-electron chi connectivity index (χ0n) is 12.4. The molecule has 1 N–H and O–H groups in total. The van der Waals surface area contributed by atoms with Gasteiger partial charge in [0.05, 0.1) is 16.3 Å². The van der Waals surface area contributed by atoms with Crippen molar-refractivity contribution in [3.63, 3.8) is 0 Å². The molecule has 3 rings (SSSR count). The Hall–Kier alpha value is -2.90. The number of carbonyl (C=O) groups is 3. The Morgan fingerprint density at radius 3 is 2.48 bits per heavy atom. The molecule has 1 aliphatic rings. The van der Waals surface area contributed by atoms with E-state index >= 15 is 0 Å². The van der Waals surface area contributed by atoms with Crippen molar-refractivity contribution in [1.82, 2.24) is 5.43 Å². The summed E-state index contributed by atoms with van der Waals surface area (Å²) in [6, 6.07) is 12.6. The van der Waals surface area contributed by atoms with E-state index in [0.717, 1.165) is 5.01 Å². The van der Waals surface area contributed by atoms with E-state index in [9.17, 15) is 14.4 Å². The molecule has 1 fully saturated rings. The van der Waals surface area contributed by atoms with Gasteiger partial charge in [0.2, 0.25) is 5.71 Å². The van der Waals surface area contributed by atoms with Crippen LogP contribution in [0.2, 0.25) is 10.0 Å². The van der Waals surface area contributed by atoms with Gasteiger partial charge in [-0.15, -0.1) is 0 Å². The van der Waals surface area contributed by atoms with E-state index in [1.54, 1.807) is 30.3 Å². The number of rotatable bonds is 3. The molecule has 0 saturated carbocycles. The predicted octanol–water partition coefficient (Wildman–Crippen LogP) is 2.58. The summed E-state index contributed by atoms with van der Waals surface area (Å²) in [6.07, 6.45) is 0. The van der Waals surface area contributed by atoms with E-state index in [4.69, 9.17) is 23.2 Å². The van der Waals surface area contributed by atoms with Gasteiger partial charge in [-0.2, -0.15) is 0 Å². The highest BCUT2D eigenvalue weighted by molar-refractivity contribution is 6.70. The van der Waals surface area contributed by atoms with Crippen molar-refractivity contribution < 1.29 is 19.2 Å². The van der Waals surface area contributed by atoms with Gasteiger partial charge in [-0.1, -0.05) is 46.6 Å². The van der Waals surface area contributed by atoms with Crippen LogP contribution in [0.25, 0.3) is 0 Å². The second-order valence-electron chi connectivity index (χ2n) is 4.86. The summed E-state index contributed by atoms with van der Waals surface area (Å²) in [5.41, 5.74) is 2.22. The zero-order valence-corrected chi connectivity index (χ0v) is 13.9. The van der Waals surface area contributed by atoms with Gasteiger partial charge in [0.25, 0.3) is 5.91 Å². The number of amides is 2. The van der Waals surface area contributed by atoms with Gasteiger partial charge in [0.15, 0.2) is 0 Å². The molecule has 1 heterocycles. The SMILES string of the molecule is O=C1NN(c2ccccc2)C(=O)/C1=N\OC(=O)c1ccc(Cl)cc1Cl. The monoisotopic (exact) mass is 377 g/mol. The molecule has 0 atom stereocenters. The molecule has 0 unspecified atom stereocenters. The lowest BCUT2D eigenvalue weighted by atomic mass is 10.2. The fourth-order valence-corrected chi connectivity index (χ4v) is 2.52. The smallest absolute Gasteiger partial charge is 0.312 e. The number of carbonyl (C=O) groups excluding carboxylic acids is 3. The van der Waals surface area contributed by atoms with Crippen LogP contribution in [0.1, 0.15) is 10.4 Å². The maximum Gasteiger partial charge on any atom is 0.367 e. The molecular formula is C16H9Cl2N3O4. The minimum Gasteiger partial charge on any atom is -0.312 e. The topological polar surface area (TPSA) is 88.1 Å². The summed E-state index contributed by atoms with van der Waals surface area (Å²) in [7, 11) is 0. The molecule has 1 saturated heterocycles. The highest BCUT2D eigenvalue weighted by Gasteiger charge is 2.37. The first-order valence-electron chi connectivity index (χ1n) is 6.92. The van der Waals surface area contributed by atoms with Gasteiger partial charge in [0.1, 0.15) is 0 Å². The minimum absolute atomic E-state index is 0.00110. The fraction of sp³-hybridized carbons (Fsp3) is 0. The standard InChI is InChI=1S/C16H9Cl2N3O4/c17-9-6-7-11(12(18)8-9)16(24)25-20-13-14(22)19-21(15(13)23)10-4-2-1-3-5-10/h1-8H,(H,19,22)/b20-13-. The van der Waals surface area contributed by atoms with Crippen molar-refractivity contribution in [2.24, 2.45) is 5.16 Å². The lowest BCUT2D eigenvalue weighted by Gasteiger charge is -2.13. The Kier molecular flexibility index (Phi) is 4.69. The Labute approximate surface area is 151 Å². The predicted molar refractivity (Wildman–Crippen MR) is 91.4 cm³/mol. The molecule has 0 aromatic heterocycles. The van der Waals surface area contributed by atoms with E-state index in [1.165, 1.54) is 18.2 Å². The number of oxime groups is 1. The number of para-hydroxylation sites is 1. The lowest BCUT2D eigenvalue weighted by Crippen LogP contribution is -2.35. The van der Waals surface area contributed by atoms with Crippen LogP contribution in [0.3, 0.4) is 0 Å². The lowest BCUT2D eigenvalue weighted by molar-refractivity contribution is -0.114. The molecule has 7 nitrogen and oxygen atoms in total. The number of nitrogens with one attached hydrogen (secondary N) is 1. The van der Waals surface area contributed by atoms with E-state index in [2.05, 4.69) is 15.4 Å². The molecule has 126 valence electrons. The number of nitrogens with zero attached hydrogens (tertiary/aromatic N) is 2. The van der Waals surface area contributed by atoms with Crippen LogP contribution in [0.5, 0.6) is 0 Å². The Morgan fingerprint density at radius 1 is 1.08 bits per heavy atom. The highest BCUT2D eigenvalue weighted by Crippen LogP contribution is 2.22. The third kappa shape index (κ3) is 3.47. The summed E-state index contributed by atoms with van der Waals surface area (Å²) in [5.74, 6) is -2.46. The van der Waals surface area contributed by atoms with E-state index < -0.39 is 23.5 Å². The Morgan fingerprint density at radius 2 is 1.80 bits per heavy atom. The van der Waals surface area contributed by atoms with Crippen LogP contribution in [0, 0.1) is 0 Å². The first kappa shape index (κ1) is 16.9. The maximum absolute atomic E-state index is 12.3. The molecule has 2 amide bonds. The van der Waals surface area contributed by atoms with Crippen LogP contribution in [0.4, 0.5) is 5.69 Å². The molecule has 0 spiro atoms. The van der Waals surface area contributed by atoms with Gasteiger partial charge in [-0.3, -0.25) is 15.0 Å². The second kappa shape index (κ2) is 6.92. The second-order valence-corrected chi connectivity index (χ2v) is 5.70. The number of hydrazine groups is 1. The molecule has 25 heavy (non-hydrogen) atoms. The number of halogens is 2. The first-order chi connectivity index (χ1) is 12.0. The molecule has 9 heteroatoms. The molecule has 2 aromatic carbocycles. The molecular weight excluding hydrogens is 369 g/mol. The normalized spacial score (nSPS) is 15.4. The van der Waals surface area contributed by atoms with E-state index in [-0.39, 0.29) is 10.6 Å². The van der Waals surface area contributed by atoms with Crippen LogP contribution in [-0.2, 0) is 14.4 Å². The van der Waals surface area contributed by atoms with Crippen molar-refractivity contribution in [1.29, 1.82) is 0 Å². The summed E-state index contributed by atoms with van der Waals surface area (Å²) in [6.45, 7) is 0. The zero-order chi connectivity index (χ0) is 18.0. The van der Waals surface area contributed by atoms with Gasteiger partial charge in [-0.25, -0.2) is 9.80 Å². The van der Waals surface area contributed by atoms with Gasteiger partial charge < -0.3 is 4.84 Å². The number of benzene rings is 2. The first-order valence-corrected chi connectivity index (χ1v) is 7.68. The van der Waals surface area contributed by atoms with Crippen molar-refractivity contribution in [2.45, 2.75) is 0 Å². The fourth-order valence-electron chi connectivity index (χ4n) is 2.04. The number of anilines is 1. The van der Waals surface area contributed by atoms with Crippen molar-refractivity contribution in [3.8, 4) is 0 Å². The minimum atomic E-state index is -0.923. The molecule has 1 aliphatic heterocycles. The van der Waals surface area contributed by atoms with Crippen molar-refractivity contribution >= 4 is 52.4 Å². The third-order valence-corrected chi connectivity index (χ3v) is 3.77. The Bertz CT molecular complexity index is 900. The van der Waals surface area contributed by atoms with Crippen LogP contribution < -0.4 is 10.4 Å². The van der Waals surface area contributed by atoms with E-state index in [0.29, 0.717) is 10.7 Å². The quantitative estimate of drug-likeness (QED) is 0.657. The van der Waals surface area contributed by atoms with Crippen LogP contribution >= 0.6 is 23.2 Å². The van der Waals surface area contributed by atoms with Gasteiger partial charge in [0, 0.05) is 5.02 Å². The van der Waals surface area contributed by atoms with Crippen LogP contribution in [0.15, 0.2) is 53.7 Å². The maximum atomic E-state index is 12.3. The van der Waals surface area contributed by atoms with Gasteiger partial charge >= 0.3 is 11.9 Å². The number of hydrogen-bond acceptors (Lipinski definition) is 5. The molecule has 0 bridgehead atoms. The van der Waals surface area contributed by atoms with Gasteiger partial charge in [-0.05, 0) is 30.3 Å². The average molecular weight is 378 g/mol. The third-order valence-electron chi connectivity index (χ3n) is 3.22. The van der Waals surface area contributed by atoms with Crippen molar-refractivity contribution in [2.75, 3.05) is 5.01 Å². The summed E-state index contributed by atoms with van der Waals surface area (Å²) in [5, 5.41) is 4.78. The summed E-state index contributed by atoms with van der Waals surface area (Å²) < 4.78 is 0. The molecule has 2 aromatic rings. The summed E-state index contributed by atoms with van der Waals surface area (Å²) in [4.78, 5) is 40.8. The average Bonchev–Trinajstić information content (AvgIpc) is 2.88. The molecule has 0 aliphatic carbocycles. The van der Waals surface area contributed by atoms with Crippen LogP contribution in [-0.4, -0.2) is 23.5 Å². The summed E-state index contributed by atoms with van der Waals surface area (Å²) >= 11 is 11.6. The van der Waals surface area contributed by atoms with Crippen molar-refractivity contribution in [3.05, 3.63) is 64.1 Å². The number of hydrogen-bond donors (Lipinski definition) is 1. The molecule has 0 radical (unpaired) electrons. The largest absolute Gasteiger partial charge is 0.367 e.